The van der Waals surface area contributed by atoms with E-state index in [4.69, 9.17) is 0 Å². The lowest BCUT2D eigenvalue weighted by atomic mass is 10.0. The summed E-state index contributed by atoms with van der Waals surface area (Å²) in [6.45, 7) is 1.55. The predicted octanol–water partition coefficient (Wildman–Crippen LogP) is 2.96. The summed E-state index contributed by atoms with van der Waals surface area (Å²) in [6, 6.07) is 15.2. The van der Waals surface area contributed by atoms with Gasteiger partial charge in [-0.05, 0) is 17.7 Å². The van der Waals surface area contributed by atoms with Crippen LogP contribution in [0.25, 0.3) is 0 Å². The molecule has 0 aliphatic carbocycles. The Morgan fingerprint density at radius 1 is 1.11 bits per heavy atom. The fourth-order valence-electron chi connectivity index (χ4n) is 2.66. The molecule has 0 saturated carbocycles. The number of nitrogens with zero attached hydrogens (tertiary/aromatic N) is 1. The number of benzene rings is 2. The summed E-state index contributed by atoms with van der Waals surface area (Å²) in [5, 5.41) is 10.3. The van der Waals surface area contributed by atoms with Gasteiger partial charge in [0.15, 0.2) is 0 Å². The minimum absolute atomic E-state index is 0.0472. The van der Waals surface area contributed by atoms with E-state index in [1.807, 2.05) is 48.5 Å². The molecule has 0 bridgehead atoms. The molecule has 1 amide bonds. The molecule has 2 aromatic rings. The molecule has 1 aliphatic rings. The van der Waals surface area contributed by atoms with E-state index < -0.39 is 6.10 Å². The predicted molar refractivity (Wildman–Crippen MR) is 74.4 cm³/mol. The number of carbonyl (C=O) groups is 1. The monoisotopic (exact) mass is 253 g/mol. The number of anilines is 2. The Balaban J connectivity index is 2.28. The van der Waals surface area contributed by atoms with Gasteiger partial charge in [-0.15, -0.1) is 0 Å². The molecule has 0 saturated heterocycles. The highest BCUT2D eigenvalue weighted by atomic mass is 16.3. The number of rotatable bonds is 0. The number of aliphatic hydroxyl groups excluding tert-OH is 1. The van der Waals surface area contributed by atoms with Crippen LogP contribution in [0.5, 0.6) is 0 Å². The van der Waals surface area contributed by atoms with Crippen molar-refractivity contribution in [3.63, 3.8) is 0 Å². The molecule has 1 N–H and O–H groups in total. The van der Waals surface area contributed by atoms with Gasteiger partial charge in [0.2, 0.25) is 5.91 Å². The summed E-state index contributed by atoms with van der Waals surface area (Å²) in [6.07, 6.45) is -0.0570. The first-order valence-electron chi connectivity index (χ1n) is 6.34. The second-order valence-electron chi connectivity index (χ2n) is 4.76. The number of hydrogen-bond acceptors (Lipinski definition) is 2. The molecule has 0 fully saturated rings. The summed E-state index contributed by atoms with van der Waals surface area (Å²) in [5.74, 6) is -0.0472. The van der Waals surface area contributed by atoms with E-state index in [1.165, 1.54) is 0 Å². The van der Waals surface area contributed by atoms with Crippen molar-refractivity contribution < 1.29 is 9.90 Å². The summed E-state index contributed by atoms with van der Waals surface area (Å²) < 4.78 is 0. The van der Waals surface area contributed by atoms with Gasteiger partial charge in [-0.2, -0.15) is 0 Å². The maximum atomic E-state index is 12.0. The maximum Gasteiger partial charge on any atom is 0.228 e. The summed E-state index contributed by atoms with van der Waals surface area (Å²) in [4.78, 5) is 13.7. The minimum atomic E-state index is -0.582. The van der Waals surface area contributed by atoms with Crippen LogP contribution in [0, 0.1) is 0 Å². The van der Waals surface area contributed by atoms with Crippen LogP contribution in [0.2, 0.25) is 0 Å². The Morgan fingerprint density at radius 3 is 2.47 bits per heavy atom. The molecule has 3 heteroatoms. The second-order valence-corrected chi connectivity index (χ2v) is 4.76. The van der Waals surface area contributed by atoms with E-state index >= 15 is 0 Å². The number of carbonyl (C=O) groups excluding carboxylic acids is 1. The molecule has 3 rings (SSSR count). The van der Waals surface area contributed by atoms with Crippen LogP contribution in [0.15, 0.2) is 48.5 Å². The zero-order chi connectivity index (χ0) is 13.4. The fourth-order valence-corrected chi connectivity index (χ4v) is 2.66. The van der Waals surface area contributed by atoms with Crippen molar-refractivity contribution in [3.05, 3.63) is 59.7 Å². The number of para-hydroxylation sites is 2. The highest BCUT2D eigenvalue weighted by Gasteiger charge is 2.27. The SMILES string of the molecule is CC(=O)N1c2ccccc2CC(O)c2ccccc21. The van der Waals surface area contributed by atoms with Crippen molar-refractivity contribution in [3.8, 4) is 0 Å². The highest BCUT2D eigenvalue weighted by Crippen LogP contribution is 2.39. The normalized spacial score (nSPS) is 17.4. The quantitative estimate of drug-likeness (QED) is 0.784. The van der Waals surface area contributed by atoms with Crippen LogP contribution < -0.4 is 4.90 Å². The van der Waals surface area contributed by atoms with Gasteiger partial charge in [0.25, 0.3) is 0 Å². The Kier molecular flexibility index (Phi) is 2.84. The summed E-state index contributed by atoms with van der Waals surface area (Å²) in [5.41, 5.74) is 3.42. The molecule has 1 aliphatic heterocycles. The van der Waals surface area contributed by atoms with Crippen molar-refractivity contribution in [1.82, 2.24) is 0 Å². The average Bonchev–Trinajstić information content (AvgIpc) is 2.53. The summed E-state index contributed by atoms with van der Waals surface area (Å²) in [7, 11) is 0. The molecule has 1 atom stereocenters. The second kappa shape index (κ2) is 4.52. The standard InChI is InChI=1S/C16H15NO2/c1-11(18)17-14-8-4-2-6-12(14)10-16(19)13-7-3-5-9-15(13)17/h2-9,16,19H,10H2,1H3. The van der Waals surface area contributed by atoms with E-state index in [0.29, 0.717) is 6.42 Å². The first-order chi connectivity index (χ1) is 9.18. The lowest BCUT2D eigenvalue weighted by Crippen LogP contribution is -2.23. The molecule has 3 nitrogen and oxygen atoms in total. The topological polar surface area (TPSA) is 40.5 Å². The Morgan fingerprint density at radius 2 is 1.74 bits per heavy atom. The molecule has 0 radical (unpaired) electrons. The lowest BCUT2D eigenvalue weighted by molar-refractivity contribution is -0.115. The van der Waals surface area contributed by atoms with Crippen LogP contribution in [0.1, 0.15) is 24.2 Å². The Hall–Kier alpha value is -2.13. The molecular formula is C16H15NO2. The first-order valence-corrected chi connectivity index (χ1v) is 6.34. The van der Waals surface area contributed by atoms with E-state index in [-0.39, 0.29) is 5.91 Å². The van der Waals surface area contributed by atoms with Gasteiger partial charge in [-0.25, -0.2) is 0 Å². The van der Waals surface area contributed by atoms with E-state index in [2.05, 4.69) is 0 Å². The highest BCUT2D eigenvalue weighted by molar-refractivity contribution is 6.01. The zero-order valence-corrected chi connectivity index (χ0v) is 10.7. The smallest absolute Gasteiger partial charge is 0.228 e. The van der Waals surface area contributed by atoms with Crippen LogP contribution in [0.3, 0.4) is 0 Å². The van der Waals surface area contributed by atoms with Gasteiger partial charge in [-0.1, -0.05) is 36.4 Å². The van der Waals surface area contributed by atoms with Crippen LogP contribution in [-0.4, -0.2) is 11.0 Å². The summed E-state index contributed by atoms with van der Waals surface area (Å²) >= 11 is 0. The zero-order valence-electron chi connectivity index (χ0n) is 10.7. The van der Waals surface area contributed by atoms with Gasteiger partial charge in [0.1, 0.15) is 0 Å². The molecule has 96 valence electrons. The van der Waals surface area contributed by atoms with Gasteiger partial charge < -0.3 is 5.11 Å². The van der Waals surface area contributed by atoms with Crippen LogP contribution >= 0.6 is 0 Å². The molecule has 0 spiro atoms. The molecule has 1 heterocycles. The minimum Gasteiger partial charge on any atom is -0.388 e. The maximum absolute atomic E-state index is 12.0. The molecule has 1 unspecified atom stereocenters. The number of aliphatic hydroxyl groups is 1. The van der Waals surface area contributed by atoms with Crippen molar-refractivity contribution in [2.75, 3.05) is 4.90 Å². The van der Waals surface area contributed by atoms with Crippen molar-refractivity contribution in [2.24, 2.45) is 0 Å². The number of fused-ring (bicyclic) bond motifs is 2. The molecule has 0 aromatic heterocycles. The molecule has 2 aromatic carbocycles. The van der Waals surface area contributed by atoms with Crippen LogP contribution in [0.4, 0.5) is 11.4 Å². The van der Waals surface area contributed by atoms with Gasteiger partial charge >= 0.3 is 0 Å². The van der Waals surface area contributed by atoms with Crippen LogP contribution in [-0.2, 0) is 11.2 Å². The average molecular weight is 253 g/mol. The Bertz CT molecular complexity index is 636. The molecular weight excluding hydrogens is 238 g/mol. The third-order valence-electron chi connectivity index (χ3n) is 3.50. The van der Waals surface area contributed by atoms with E-state index in [9.17, 15) is 9.90 Å². The van der Waals surface area contributed by atoms with Gasteiger partial charge in [-0.3, -0.25) is 9.69 Å². The fraction of sp³-hybridized carbons (Fsp3) is 0.188. The first kappa shape index (κ1) is 11.9. The van der Waals surface area contributed by atoms with E-state index in [0.717, 1.165) is 22.5 Å². The third-order valence-corrected chi connectivity index (χ3v) is 3.50. The third kappa shape index (κ3) is 1.92. The largest absolute Gasteiger partial charge is 0.388 e. The number of hydrogen-bond donors (Lipinski definition) is 1. The Labute approximate surface area is 112 Å². The lowest BCUT2D eigenvalue weighted by Gasteiger charge is -2.23. The van der Waals surface area contributed by atoms with Crippen molar-refractivity contribution >= 4 is 17.3 Å². The van der Waals surface area contributed by atoms with Gasteiger partial charge in [0.05, 0.1) is 17.5 Å². The van der Waals surface area contributed by atoms with Crippen molar-refractivity contribution in [1.29, 1.82) is 0 Å². The van der Waals surface area contributed by atoms with Crippen molar-refractivity contribution in [2.45, 2.75) is 19.4 Å². The van der Waals surface area contributed by atoms with E-state index in [1.54, 1.807) is 11.8 Å². The number of amides is 1. The van der Waals surface area contributed by atoms with Gasteiger partial charge in [0, 0.05) is 18.9 Å². The molecule has 19 heavy (non-hydrogen) atoms.